The van der Waals surface area contributed by atoms with Crippen molar-refractivity contribution < 1.29 is 26.5 Å². The van der Waals surface area contributed by atoms with Gasteiger partial charge in [0, 0.05) is 6.54 Å². The summed E-state index contributed by atoms with van der Waals surface area (Å²) in [5.74, 6) is 1.38. The molecule has 0 aliphatic rings. The van der Waals surface area contributed by atoms with E-state index in [4.69, 9.17) is 13.3 Å². The van der Waals surface area contributed by atoms with Crippen LogP contribution < -0.4 is 14.2 Å². The molecule has 0 aliphatic heterocycles. The maximum atomic E-state index is 13.0. The summed E-state index contributed by atoms with van der Waals surface area (Å²) in [7, 11) is -2.07. The topological polar surface area (TPSA) is 98.1 Å². The molecule has 30 heavy (non-hydrogen) atoms. The molecule has 1 heterocycles. The molecule has 9 heteroatoms. The molecule has 3 rings (SSSR count). The number of urea groups is 1. The molecule has 1 N–H and O–H groups in total. The Morgan fingerprint density at radius 3 is 2.40 bits per heavy atom. The number of ether oxygens (including phenoxy) is 1. The van der Waals surface area contributed by atoms with Crippen LogP contribution in [-0.4, -0.2) is 32.7 Å². The zero-order chi connectivity index (χ0) is 21.6. The monoisotopic (exact) mass is 430 g/mol. The summed E-state index contributed by atoms with van der Waals surface area (Å²) in [6, 6.07) is 16.8. The number of carbonyl (C=O) groups excluding carboxylic acids is 1. The van der Waals surface area contributed by atoms with Gasteiger partial charge in [0.2, 0.25) is 0 Å². The zero-order valence-electron chi connectivity index (χ0n) is 16.6. The van der Waals surface area contributed by atoms with Gasteiger partial charge in [-0.3, -0.25) is 0 Å². The second-order valence-corrected chi connectivity index (χ2v) is 8.07. The summed E-state index contributed by atoms with van der Waals surface area (Å²) in [4.78, 5) is 14.5. The molecule has 0 fully saturated rings. The van der Waals surface area contributed by atoms with Crippen LogP contribution in [0.1, 0.15) is 11.3 Å². The van der Waals surface area contributed by atoms with Crippen molar-refractivity contribution in [2.24, 2.45) is 0 Å². The van der Waals surface area contributed by atoms with Gasteiger partial charge in [-0.05, 0) is 42.0 Å². The van der Waals surface area contributed by atoms with Gasteiger partial charge in [0.25, 0.3) is 0 Å². The Labute approximate surface area is 175 Å². The summed E-state index contributed by atoms with van der Waals surface area (Å²) < 4.78 is 38.0. The van der Waals surface area contributed by atoms with Gasteiger partial charge in [0.05, 0.1) is 31.9 Å². The van der Waals surface area contributed by atoms with Crippen molar-refractivity contribution in [3.8, 4) is 11.5 Å². The highest BCUT2D eigenvalue weighted by Crippen LogP contribution is 2.24. The number of nitrogens with zero attached hydrogens (tertiary/aromatic N) is 1. The third kappa shape index (κ3) is 6.02. The Morgan fingerprint density at radius 1 is 1.03 bits per heavy atom. The number of methoxy groups -OCH3 is 1. The first-order chi connectivity index (χ1) is 14.3. The van der Waals surface area contributed by atoms with Crippen molar-refractivity contribution in [3.05, 3.63) is 78.3 Å². The summed E-state index contributed by atoms with van der Waals surface area (Å²) >= 11 is 0. The zero-order valence-corrected chi connectivity index (χ0v) is 17.4. The third-order valence-electron chi connectivity index (χ3n) is 4.11. The van der Waals surface area contributed by atoms with E-state index in [-0.39, 0.29) is 24.9 Å². The number of nitrogens with one attached hydrogen (secondary N) is 1. The second kappa shape index (κ2) is 9.36. The molecule has 2 aromatic carbocycles. The molecule has 3 aromatic rings. The molecule has 0 radical (unpaired) electrons. The number of amides is 2. The van der Waals surface area contributed by atoms with Crippen molar-refractivity contribution in [2.75, 3.05) is 18.7 Å². The molecule has 0 saturated heterocycles. The highest BCUT2D eigenvalue weighted by atomic mass is 32.2. The van der Waals surface area contributed by atoms with Crippen LogP contribution in [0.4, 0.5) is 10.5 Å². The van der Waals surface area contributed by atoms with Crippen molar-refractivity contribution in [3.63, 3.8) is 0 Å². The molecular weight excluding hydrogens is 408 g/mol. The first-order valence-electron chi connectivity index (χ1n) is 9.04. The van der Waals surface area contributed by atoms with Crippen LogP contribution in [-0.2, 0) is 23.2 Å². The van der Waals surface area contributed by atoms with E-state index in [1.165, 1.54) is 7.11 Å². The predicted molar refractivity (Wildman–Crippen MR) is 112 cm³/mol. The lowest BCUT2D eigenvalue weighted by Crippen LogP contribution is -2.34. The molecule has 8 nitrogen and oxygen atoms in total. The Hall–Kier alpha value is -3.46. The molecule has 0 aliphatic carbocycles. The van der Waals surface area contributed by atoms with Crippen molar-refractivity contribution in [2.45, 2.75) is 13.1 Å². The minimum Gasteiger partial charge on any atom is -0.495 e. The normalized spacial score (nSPS) is 11.0. The van der Waals surface area contributed by atoms with Crippen molar-refractivity contribution >= 4 is 21.8 Å². The molecule has 0 saturated carbocycles. The Balaban J connectivity index is 1.77. The number of rotatable bonds is 8. The van der Waals surface area contributed by atoms with Crippen LogP contribution in [0.5, 0.6) is 11.5 Å². The number of hydrogen-bond donors (Lipinski definition) is 1. The van der Waals surface area contributed by atoms with Crippen molar-refractivity contribution in [1.82, 2.24) is 4.90 Å². The van der Waals surface area contributed by atoms with Gasteiger partial charge in [-0.1, -0.05) is 24.3 Å². The molecule has 0 bridgehead atoms. The van der Waals surface area contributed by atoms with E-state index in [1.54, 1.807) is 65.8 Å². The van der Waals surface area contributed by atoms with Gasteiger partial charge in [-0.25, -0.2) is 4.79 Å². The van der Waals surface area contributed by atoms with Gasteiger partial charge in [-0.15, -0.1) is 0 Å². The van der Waals surface area contributed by atoms with E-state index in [1.807, 2.05) is 6.07 Å². The van der Waals surface area contributed by atoms with Crippen LogP contribution in [0.15, 0.2) is 71.3 Å². The maximum Gasteiger partial charge on any atom is 0.322 e. The molecule has 0 unspecified atom stereocenters. The standard InChI is InChI=1S/C21H22N2O6S/c1-27-20-8-4-3-7-19(20)22-21(24)23(15-18-6-5-13-28-18)14-16-9-11-17(12-10-16)29-30(2,25)26/h3-13H,14-15H2,1-2H3,(H,22,24). The average Bonchev–Trinajstić information content (AvgIpc) is 3.21. The highest BCUT2D eigenvalue weighted by molar-refractivity contribution is 7.86. The first-order valence-corrected chi connectivity index (χ1v) is 10.9. The third-order valence-corrected chi connectivity index (χ3v) is 4.60. The lowest BCUT2D eigenvalue weighted by molar-refractivity contribution is 0.201. The summed E-state index contributed by atoms with van der Waals surface area (Å²) in [6.45, 7) is 0.510. The van der Waals surface area contributed by atoms with Crippen LogP contribution in [0, 0.1) is 0 Å². The van der Waals surface area contributed by atoms with E-state index in [0.29, 0.717) is 17.2 Å². The fourth-order valence-corrected chi connectivity index (χ4v) is 3.24. The van der Waals surface area contributed by atoms with E-state index in [0.717, 1.165) is 11.8 Å². The SMILES string of the molecule is COc1ccccc1NC(=O)N(Cc1ccc(OS(C)(=O)=O)cc1)Cc1ccco1. The van der Waals surface area contributed by atoms with E-state index < -0.39 is 10.1 Å². The van der Waals surface area contributed by atoms with Gasteiger partial charge >= 0.3 is 16.1 Å². The fraction of sp³-hybridized carbons (Fsp3) is 0.190. The van der Waals surface area contributed by atoms with Gasteiger partial charge < -0.3 is 23.6 Å². The number of carbonyl (C=O) groups is 1. The van der Waals surface area contributed by atoms with Gasteiger partial charge in [0.15, 0.2) is 0 Å². The second-order valence-electron chi connectivity index (χ2n) is 6.50. The molecule has 0 atom stereocenters. The number of furan rings is 1. The minimum absolute atomic E-state index is 0.206. The lowest BCUT2D eigenvalue weighted by atomic mass is 10.2. The smallest absolute Gasteiger partial charge is 0.322 e. The van der Waals surface area contributed by atoms with E-state index >= 15 is 0 Å². The van der Waals surface area contributed by atoms with Crippen LogP contribution in [0.3, 0.4) is 0 Å². The maximum absolute atomic E-state index is 13.0. The van der Waals surface area contributed by atoms with Crippen LogP contribution >= 0.6 is 0 Å². The first kappa shape index (κ1) is 21.3. The Kier molecular flexibility index (Phi) is 6.63. The Morgan fingerprint density at radius 2 is 1.77 bits per heavy atom. The number of para-hydroxylation sites is 2. The fourth-order valence-electron chi connectivity index (χ4n) is 2.78. The molecule has 2 amide bonds. The van der Waals surface area contributed by atoms with Gasteiger partial charge in [-0.2, -0.15) is 8.42 Å². The van der Waals surface area contributed by atoms with Crippen molar-refractivity contribution in [1.29, 1.82) is 0 Å². The highest BCUT2D eigenvalue weighted by Gasteiger charge is 2.18. The summed E-state index contributed by atoms with van der Waals surface area (Å²) in [5, 5.41) is 2.85. The predicted octanol–water partition coefficient (Wildman–Crippen LogP) is 3.86. The summed E-state index contributed by atoms with van der Waals surface area (Å²) in [5.41, 5.74) is 1.34. The van der Waals surface area contributed by atoms with Gasteiger partial charge in [0.1, 0.15) is 17.3 Å². The number of anilines is 1. The average molecular weight is 430 g/mol. The molecule has 0 spiro atoms. The quantitative estimate of drug-likeness (QED) is 0.545. The van der Waals surface area contributed by atoms with Crippen LogP contribution in [0.2, 0.25) is 0 Å². The minimum atomic E-state index is -3.60. The molecular formula is C21H22N2O6S. The molecule has 158 valence electrons. The lowest BCUT2D eigenvalue weighted by Gasteiger charge is -2.23. The Bertz CT molecular complexity index is 1080. The largest absolute Gasteiger partial charge is 0.495 e. The summed E-state index contributed by atoms with van der Waals surface area (Å²) in [6.07, 6.45) is 2.52. The number of benzene rings is 2. The number of hydrogen-bond acceptors (Lipinski definition) is 6. The van der Waals surface area contributed by atoms with Crippen LogP contribution in [0.25, 0.3) is 0 Å². The molecule has 1 aromatic heterocycles. The van der Waals surface area contributed by atoms with E-state index in [9.17, 15) is 13.2 Å². The van der Waals surface area contributed by atoms with E-state index in [2.05, 4.69) is 5.32 Å².